The number of aryl methyl sites for hydroxylation is 1. The van der Waals surface area contributed by atoms with Gasteiger partial charge in [0.1, 0.15) is 23.8 Å². The summed E-state index contributed by atoms with van der Waals surface area (Å²) in [5.74, 6) is 6.21. The van der Waals surface area contributed by atoms with Crippen LogP contribution in [0.25, 0.3) is 5.82 Å². The quantitative estimate of drug-likeness (QED) is 0.505. The lowest BCUT2D eigenvalue weighted by molar-refractivity contribution is 0.631. The fourth-order valence-corrected chi connectivity index (χ4v) is 1.95. The molecule has 0 aliphatic rings. The smallest absolute Gasteiger partial charge is 0.231 e. The van der Waals surface area contributed by atoms with Gasteiger partial charge >= 0.3 is 0 Å². The van der Waals surface area contributed by atoms with Crippen LogP contribution in [0.4, 0.5) is 21.8 Å². The van der Waals surface area contributed by atoms with E-state index in [0.717, 1.165) is 5.56 Å². The molecular weight excluding hydrogens is 285 g/mol. The van der Waals surface area contributed by atoms with Crippen LogP contribution in [0.15, 0.2) is 43.0 Å². The van der Waals surface area contributed by atoms with Crippen molar-refractivity contribution in [1.82, 2.24) is 19.5 Å². The first-order chi connectivity index (χ1) is 10.7. The summed E-state index contributed by atoms with van der Waals surface area (Å²) in [6, 6.07) is 6.41. The first kappa shape index (κ1) is 14.0. The molecular formula is C14H14FN7. The molecule has 4 N–H and O–H groups in total. The molecule has 0 aliphatic heterocycles. The first-order valence-corrected chi connectivity index (χ1v) is 6.53. The highest BCUT2D eigenvalue weighted by Crippen LogP contribution is 2.21. The minimum absolute atomic E-state index is 0.226. The lowest BCUT2D eigenvalue weighted by Crippen LogP contribution is -2.12. The highest BCUT2D eigenvalue weighted by Gasteiger charge is 2.09. The number of nitrogens with zero attached hydrogens (tertiary/aromatic N) is 4. The Hall–Kier alpha value is -3.00. The molecule has 0 bridgehead atoms. The van der Waals surface area contributed by atoms with Crippen molar-refractivity contribution in [2.45, 2.75) is 6.92 Å². The molecule has 0 unspecified atom stereocenters. The van der Waals surface area contributed by atoms with E-state index >= 15 is 0 Å². The number of nitrogens with one attached hydrogen (secondary N) is 2. The van der Waals surface area contributed by atoms with Crippen LogP contribution >= 0.6 is 0 Å². The van der Waals surface area contributed by atoms with Crippen molar-refractivity contribution in [2.24, 2.45) is 5.84 Å². The van der Waals surface area contributed by atoms with E-state index in [1.807, 2.05) is 6.92 Å². The van der Waals surface area contributed by atoms with Gasteiger partial charge in [-0.05, 0) is 24.6 Å². The average Bonchev–Trinajstić information content (AvgIpc) is 3.05. The second-order valence-corrected chi connectivity index (χ2v) is 4.66. The highest BCUT2D eigenvalue weighted by atomic mass is 19.1. The third-order valence-corrected chi connectivity index (χ3v) is 3.00. The maximum atomic E-state index is 13.8. The van der Waals surface area contributed by atoms with Gasteiger partial charge in [0.2, 0.25) is 5.95 Å². The molecule has 2 heterocycles. The van der Waals surface area contributed by atoms with Gasteiger partial charge in [-0.3, -0.25) is 4.57 Å². The summed E-state index contributed by atoms with van der Waals surface area (Å²) in [6.45, 7) is 1.88. The lowest BCUT2D eigenvalue weighted by atomic mass is 10.2. The molecule has 7 nitrogen and oxygen atoms in total. The molecule has 2 aromatic heterocycles. The van der Waals surface area contributed by atoms with E-state index in [-0.39, 0.29) is 11.8 Å². The van der Waals surface area contributed by atoms with Gasteiger partial charge in [-0.15, -0.1) is 0 Å². The number of nitrogens with two attached hydrogens (primary N) is 1. The van der Waals surface area contributed by atoms with Gasteiger partial charge in [0.25, 0.3) is 0 Å². The van der Waals surface area contributed by atoms with E-state index in [9.17, 15) is 4.39 Å². The number of rotatable bonds is 4. The number of halogens is 1. The highest BCUT2D eigenvalue weighted by molar-refractivity contribution is 5.58. The minimum atomic E-state index is -0.385. The number of benzene rings is 1. The molecule has 0 saturated heterocycles. The van der Waals surface area contributed by atoms with Crippen LogP contribution in [0.1, 0.15) is 5.56 Å². The van der Waals surface area contributed by atoms with Crippen molar-refractivity contribution < 1.29 is 4.39 Å². The summed E-state index contributed by atoms with van der Waals surface area (Å²) in [6.07, 6.45) is 4.96. The van der Waals surface area contributed by atoms with E-state index in [1.165, 1.54) is 6.07 Å². The van der Waals surface area contributed by atoms with Crippen molar-refractivity contribution in [3.05, 3.63) is 54.4 Å². The fourth-order valence-electron chi connectivity index (χ4n) is 1.95. The van der Waals surface area contributed by atoms with Gasteiger partial charge in [0, 0.05) is 18.5 Å². The van der Waals surface area contributed by atoms with Gasteiger partial charge in [-0.25, -0.2) is 15.2 Å². The Labute approximate surface area is 126 Å². The van der Waals surface area contributed by atoms with Crippen LogP contribution in [0.5, 0.6) is 0 Å². The van der Waals surface area contributed by atoms with Gasteiger partial charge in [-0.2, -0.15) is 9.97 Å². The summed E-state index contributed by atoms with van der Waals surface area (Å²) in [7, 11) is 0. The zero-order valence-corrected chi connectivity index (χ0v) is 11.8. The molecule has 3 rings (SSSR count). The minimum Gasteiger partial charge on any atom is -0.322 e. The zero-order valence-electron chi connectivity index (χ0n) is 11.8. The van der Waals surface area contributed by atoms with E-state index in [1.54, 1.807) is 41.5 Å². The SMILES string of the molecule is Cc1ccc(F)c(Nc2nc(NN)cc(-n3ccnc3)n2)c1. The van der Waals surface area contributed by atoms with Gasteiger partial charge in [0.05, 0.1) is 5.69 Å². The largest absolute Gasteiger partial charge is 0.322 e. The monoisotopic (exact) mass is 299 g/mol. The summed E-state index contributed by atoms with van der Waals surface area (Å²) < 4.78 is 15.5. The van der Waals surface area contributed by atoms with E-state index < -0.39 is 0 Å². The van der Waals surface area contributed by atoms with Crippen molar-refractivity contribution in [1.29, 1.82) is 0 Å². The average molecular weight is 299 g/mol. The zero-order chi connectivity index (χ0) is 15.5. The number of hydrogen-bond acceptors (Lipinski definition) is 6. The molecule has 0 saturated carbocycles. The third kappa shape index (κ3) is 2.86. The molecule has 112 valence electrons. The molecule has 0 atom stereocenters. The Kier molecular flexibility index (Phi) is 3.67. The Balaban J connectivity index is 1.99. The number of aromatic nitrogens is 4. The Bertz CT molecular complexity index is 786. The lowest BCUT2D eigenvalue weighted by Gasteiger charge is -2.10. The van der Waals surface area contributed by atoms with Gasteiger partial charge in [0.15, 0.2) is 0 Å². The summed E-state index contributed by atoms with van der Waals surface area (Å²) in [4.78, 5) is 12.5. The van der Waals surface area contributed by atoms with Crippen molar-refractivity contribution in [3.8, 4) is 5.82 Å². The van der Waals surface area contributed by atoms with Gasteiger partial charge in [-0.1, -0.05) is 6.07 Å². The normalized spacial score (nSPS) is 10.5. The van der Waals surface area contributed by atoms with Crippen LogP contribution in [-0.4, -0.2) is 19.5 Å². The number of hydrazine groups is 1. The Morgan fingerprint density at radius 2 is 2.09 bits per heavy atom. The number of anilines is 3. The molecule has 1 aromatic carbocycles. The van der Waals surface area contributed by atoms with Crippen LogP contribution < -0.4 is 16.6 Å². The number of hydrogen-bond donors (Lipinski definition) is 3. The van der Waals surface area contributed by atoms with E-state index in [0.29, 0.717) is 17.3 Å². The summed E-state index contributed by atoms with van der Waals surface area (Å²) >= 11 is 0. The molecule has 22 heavy (non-hydrogen) atoms. The van der Waals surface area contributed by atoms with Crippen LogP contribution in [0, 0.1) is 12.7 Å². The standard InChI is InChI=1S/C14H14FN7/c1-9-2-3-10(15)11(6-9)18-14-19-12(21-16)7-13(20-14)22-5-4-17-8-22/h2-8H,16H2,1H3,(H2,18,19,20,21). The van der Waals surface area contributed by atoms with E-state index in [2.05, 4.69) is 25.7 Å². The first-order valence-electron chi connectivity index (χ1n) is 6.53. The topological polar surface area (TPSA) is 93.7 Å². The van der Waals surface area contributed by atoms with Gasteiger partial charge < -0.3 is 10.7 Å². The van der Waals surface area contributed by atoms with Crippen molar-refractivity contribution in [3.63, 3.8) is 0 Å². The predicted molar refractivity (Wildman–Crippen MR) is 81.4 cm³/mol. The van der Waals surface area contributed by atoms with Crippen molar-refractivity contribution in [2.75, 3.05) is 10.7 Å². The number of nitrogen functional groups attached to an aromatic ring is 1. The van der Waals surface area contributed by atoms with E-state index in [4.69, 9.17) is 5.84 Å². The fraction of sp³-hybridized carbons (Fsp3) is 0.0714. The Morgan fingerprint density at radius 3 is 2.82 bits per heavy atom. The summed E-state index contributed by atoms with van der Waals surface area (Å²) in [5.41, 5.74) is 3.68. The predicted octanol–water partition coefficient (Wildman–Crippen LogP) is 2.14. The second kappa shape index (κ2) is 5.78. The molecule has 3 aromatic rings. The second-order valence-electron chi connectivity index (χ2n) is 4.66. The van der Waals surface area contributed by atoms with Crippen LogP contribution in [0.2, 0.25) is 0 Å². The number of imidazole rings is 1. The molecule has 0 radical (unpaired) electrons. The molecule has 8 heteroatoms. The summed E-state index contributed by atoms with van der Waals surface area (Å²) in [5, 5.41) is 2.86. The molecule has 0 amide bonds. The Morgan fingerprint density at radius 1 is 1.23 bits per heavy atom. The molecule has 0 aliphatic carbocycles. The van der Waals surface area contributed by atoms with Crippen LogP contribution in [-0.2, 0) is 0 Å². The molecule has 0 spiro atoms. The molecule has 0 fully saturated rings. The van der Waals surface area contributed by atoms with Crippen molar-refractivity contribution >= 4 is 17.5 Å². The van der Waals surface area contributed by atoms with Crippen LogP contribution in [0.3, 0.4) is 0 Å². The maximum Gasteiger partial charge on any atom is 0.231 e. The maximum absolute atomic E-state index is 13.8. The third-order valence-electron chi connectivity index (χ3n) is 3.00.